The number of hydrogen-bond acceptors (Lipinski definition) is 9. The quantitative estimate of drug-likeness (QED) is 0.526. The van der Waals surface area contributed by atoms with E-state index >= 15 is 0 Å². The van der Waals surface area contributed by atoms with Gasteiger partial charge in [-0.05, 0) is 36.2 Å². The van der Waals surface area contributed by atoms with Gasteiger partial charge in [-0.2, -0.15) is 0 Å². The zero-order chi connectivity index (χ0) is 21.5. The maximum atomic E-state index is 12.3. The minimum atomic E-state index is -0.480. The molecule has 2 aromatic heterocycles. The summed E-state index contributed by atoms with van der Waals surface area (Å²) in [5.41, 5.74) is 1.86. The number of amides is 1. The van der Waals surface area contributed by atoms with Crippen LogP contribution in [0.25, 0.3) is 0 Å². The summed E-state index contributed by atoms with van der Waals surface area (Å²) < 4.78 is 5.20. The third-order valence-corrected chi connectivity index (χ3v) is 5.11. The van der Waals surface area contributed by atoms with Crippen molar-refractivity contribution in [3.63, 3.8) is 0 Å². The normalized spacial score (nSPS) is 10.5. The molecule has 9 nitrogen and oxygen atoms in total. The summed E-state index contributed by atoms with van der Waals surface area (Å²) in [5.74, 6) is -0.361. The highest BCUT2D eigenvalue weighted by molar-refractivity contribution is 7.13. The summed E-state index contributed by atoms with van der Waals surface area (Å²) in [5, 5.41) is 19.0. The van der Waals surface area contributed by atoms with Gasteiger partial charge in [-0.25, -0.2) is 0 Å². The van der Waals surface area contributed by atoms with E-state index in [1.807, 2.05) is 24.3 Å². The molecule has 30 heavy (non-hydrogen) atoms. The number of halogens is 1. The lowest BCUT2D eigenvalue weighted by Gasteiger charge is -2.15. The number of anilines is 2. The fourth-order valence-electron chi connectivity index (χ4n) is 2.39. The van der Waals surface area contributed by atoms with Crippen LogP contribution in [0.4, 0.5) is 11.5 Å². The second kappa shape index (κ2) is 10.1. The number of hydrogen-bond donors (Lipinski definition) is 1. The van der Waals surface area contributed by atoms with Crippen molar-refractivity contribution in [1.82, 2.24) is 20.4 Å². The zero-order valence-corrected chi connectivity index (χ0v) is 17.9. The highest BCUT2D eigenvalue weighted by Gasteiger charge is 2.15. The molecule has 0 saturated heterocycles. The molecule has 2 heterocycles. The van der Waals surface area contributed by atoms with Gasteiger partial charge in [-0.1, -0.05) is 42.0 Å². The van der Waals surface area contributed by atoms with Gasteiger partial charge in [-0.15, -0.1) is 20.4 Å². The predicted molar refractivity (Wildman–Crippen MR) is 114 cm³/mol. The molecule has 0 aliphatic rings. The van der Waals surface area contributed by atoms with E-state index < -0.39 is 5.97 Å². The van der Waals surface area contributed by atoms with E-state index in [-0.39, 0.29) is 29.2 Å². The smallest absolute Gasteiger partial charge is 0.325 e. The van der Waals surface area contributed by atoms with E-state index in [1.54, 1.807) is 24.1 Å². The second-order valence-corrected chi connectivity index (χ2v) is 7.69. The van der Waals surface area contributed by atoms with Crippen molar-refractivity contribution in [2.24, 2.45) is 0 Å². The van der Waals surface area contributed by atoms with Crippen LogP contribution < -0.4 is 10.2 Å². The highest BCUT2D eigenvalue weighted by atomic mass is 35.5. The molecule has 0 aliphatic carbocycles. The Morgan fingerprint density at radius 2 is 1.87 bits per heavy atom. The number of carbonyl (C=O) groups excluding carboxylic acids is 2. The van der Waals surface area contributed by atoms with Gasteiger partial charge in [0.1, 0.15) is 13.2 Å². The van der Waals surface area contributed by atoms with Crippen LogP contribution in [-0.4, -0.2) is 45.9 Å². The fraction of sp³-hybridized carbons (Fsp3) is 0.263. The van der Waals surface area contributed by atoms with Crippen LogP contribution in [0, 0.1) is 0 Å². The van der Waals surface area contributed by atoms with Crippen molar-refractivity contribution in [2.45, 2.75) is 20.0 Å². The van der Waals surface area contributed by atoms with Gasteiger partial charge >= 0.3 is 5.97 Å². The molecule has 0 spiro atoms. The minimum Gasteiger partial charge on any atom is -0.457 e. The first kappa shape index (κ1) is 21.6. The maximum Gasteiger partial charge on any atom is 0.325 e. The summed E-state index contributed by atoms with van der Waals surface area (Å²) in [4.78, 5) is 25.9. The topological polar surface area (TPSA) is 110 Å². The predicted octanol–water partition coefficient (Wildman–Crippen LogP) is 2.98. The number of esters is 1. The van der Waals surface area contributed by atoms with Gasteiger partial charge in [0.25, 0.3) is 5.91 Å². The first-order valence-corrected chi connectivity index (χ1v) is 10.2. The molecule has 0 radical (unpaired) electrons. The Bertz CT molecular complexity index is 1010. The van der Waals surface area contributed by atoms with E-state index in [2.05, 4.69) is 32.6 Å². The van der Waals surface area contributed by atoms with Crippen molar-refractivity contribution in [1.29, 1.82) is 0 Å². The molecule has 3 aromatic rings. The number of ether oxygens (including phenoxy) is 1. The van der Waals surface area contributed by atoms with Crippen LogP contribution in [0.1, 0.15) is 27.3 Å². The van der Waals surface area contributed by atoms with Gasteiger partial charge in [-0.3, -0.25) is 9.59 Å². The Morgan fingerprint density at radius 3 is 2.53 bits per heavy atom. The lowest BCUT2D eigenvalue weighted by Crippen LogP contribution is -2.27. The van der Waals surface area contributed by atoms with Crippen molar-refractivity contribution in [3.05, 3.63) is 57.1 Å². The van der Waals surface area contributed by atoms with Gasteiger partial charge in [0.15, 0.2) is 16.0 Å². The molecule has 0 fully saturated rings. The molecule has 1 amide bonds. The van der Waals surface area contributed by atoms with E-state index in [9.17, 15) is 9.59 Å². The summed E-state index contributed by atoms with van der Waals surface area (Å²) in [6.07, 6.45) is 0.926. The number of likely N-dealkylation sites (N-methyl/N-ethyl adjacent to an activating group) is 1. The van der Waals surface area contributed by atoms with Crippen molar-refractivity contribution >= 4 is 46.3 Å². The summed E-state index contributed by atoms with van der Waals surface area (Å²) in [7, 11) is 1.68. The van der Waals surface area contributed by atoms with Crippen LogP contribution in [0.5, 0.6) is 0 Å². The number of aromatic nitrogens is 4. The number of nitrogens with zero attached hydrogens (tertiary/aromatic N) is 5. The molecule has 1 N–H and O–H groups in total. The molecule has 0 unspecified atom stereocenters. The molecule has 0 aliphatic heterocycles. The van der Waals surface area contributed by atoms with Crippen LogP contribution in [-0.2, 0) is 22.6 Å². The number of carbonyl (C=O) groups is 2. The highest BCUT2D eigenvalue weighted by Crippen LogP contribution is 2.16. The van der Waals surface area contributed by atoms with Crippen LogP contribution in [0.3, 0.4) is 0 Å². The Labute approximate surface area is 182 Å². The SMILES string of the molecule is CCc1ccc(NC(=O)c2nnc(COC(=O)CN(C)c3ccc(Cl)nn3)s2)cc1. The van der Waals surface area contributed by atoms with Gasteiger partial charge in [0.2, 0.25) is 5.01 Å². The Hall–Kier alpha value is -3.11. The van der Waals surface area contributed by atoms with Crippen molar-refractivity contribution in [3.8, 4) is 0 Å². The molecular weight excluding hydrogens is 428 g/mol. The van der Waals surface area contributed by atoms with Crippen molar-refractivity contribution in [2.75, 3.05) is 23.8 Å². The summed E-state index contributed by atoms with van der Waals surface area (Å²) in [6, 6.07) is 10.8. The summed E-state index contributed by atoms with van der Waals surface area (Å²) in [6.45, 7) is 1.96. The van der Waals surface area contributed by atoms with Gasteiger partial charge in [0.05, 0.1) is 0 Å². The zero-order valence-electron chi connectivity index (χ0n) is 16.3. The number of aryl methyl sites for hydroxylation is 1. The third kappa shape index (κ3) is 5.94. The number of nitrogens with one attached hydrogen (secondary N) is 1. The van der Waals surface area contributed by atoms with Crippen LogP contribution >= 0.6 is 22.9 Å². The van der Waals surface area contributed by atoms with E-state index in [0.717, 1.165) is 17.8 Å². The minimum absolute atomic E-state index is 0.0315. The number of benzene rings is 1. The standard InChI is InChI=1S/C19H19ClN6O3S/c1-3-12-4-6-13(7-5-12)21-18(28)19-25-24-16(30-19)11-29-17(27)10-26(2)15-9-8-14(20)22-23-15/h4-9H,3,10-11H2,1-2H3,(H,21,28). The monoisotopic (exact) mass is 446 g/mol. The first-order valence-electron chi connectivity index (χ1n) is 9.03. The molecule has 0 atom stereocenters. The fourth-order valence-corrected chi connectivity index (χ4v) is 3.14. The van der Waals surface area contributed by atoms with Gasteiger partial charge < -0.3 is 15.0 Å². The lowest BCUT2D eigenvalue weighted by molar-refractivity contribution is -0.143. The molecule has 156 valence electrons. The van der Waals surface area contributed by atoms with E-state index in [0.29, 0.717) is 16.5 Å². The average Bonchev–Trinajstić information content (AvgIpc) is 3.22. The average molecular weight is 447 g/mol. The summed E-state index contributed by atoms with van der Waals surface area (Å²) >= 11 is 6.76. The molecular formula is C19H19ClN6O3S. The maximum absolute atomic E-state index is 12.3. The second-order valence-electron chi connectivity index (χ2n) is 6.24. The molecule has 11 heteroatoms. The Balaban J connectivity index is 1.49. The van der Waals surface area contributed by atoms with E-state index in [1.165, 1.54) is 5.56 Å². The lowest BCUT2D eigenvalue weighted by atomic mass is 10.1. The van der Waals surface area contributed by atoms with E-state index in [4.69, 9.17) is 16.3 Å². The molecule has 3 rings (SSSR count). The number of rotatable bonds is 8. The van der Waals surface area contributed by atoms with Crippen molar-refractivity contribution < 1.29 is 14.3 Å². The third-order valence-electron chi connectivity index (χ3n) is 4.01. The Morgan fingerprint density at radius 1 is 1.10 bits per heavy atom. The van der Waals surface area contributed by atoms with Crippen LogP contribution in [0.15, 0.2) is 36.4 Å². The molecule has 1 aromatic carbocycles. The molecule has 0 bridgehead atoms. The Kier molecular flexibility index (Phi) is 7.26. The van der Waals surface area contributed by atoms with Gasteiger partial charge in [0, 0.05) is 12.7 Å². The first-order chi connectivity index (χ1) is 14.4. The van der Waals surface area contributed by atoms with Crippen LogP contribution in [0.2, 0.25) is 5.15 Å². The largest absolute Gasteiger partial charge is 0.457 e. The molecule has 0 saturated carbocycles.